The van der Waals surface area contributed by atoms with E-state index in [-0.39, 0.29) is 0 Å². The molecule has 0 aliphatic heterocycles. The average molecular weight is 275 g/mol. The van der Waals surface area contributed by atoms with E-state index in [0.29, 0.717) is 0 Å². The first kappa shape index (κ1) is 15.0. The van der Waals surface area contributed by atoms with Gasteiger partial charge in [-0.1, -0.05) is 90.3 Å². The molecule has 19 heavy (non-hydrogen) atoms. The molecule has 105 valence electrons. The molecule has 1 aromatic carbocycles. The molecule has 0 saturated heterocycles. The van der Waals surface area contributed by atoms with Crippen LogP contribution in [-0.4, -0.2) is 5.66 Å². The summed E-state index contributed by atoms with van der Waals surface area (Å²) >= 11 is 0. The highest BCUT2D eigenvalue weighted by Gasteiger charge is 2.10. The molecule has 0 aromatic heterocycles. The molecule has 1 fully saturated rings. The summed E-state index contributed by atoms with van der Waals surface area (Å²) in [5.41, 5.74) is 2.47. The summed E-state index contributed by atoms with van der Waals surface area (Å²) in [6.07, 6.45) is 16.0. The van der Waals surface area contributed by atoms with Gasteiger partial charge >= 0.3 is 0 Å². The molecular weight excluding hydrogens is 247 g/mol. The van der Waals surface area contributed by atoms with Crippen molar-refractivity contribution in [1.82, 2.24) is 0 Å². The minimum absolute atomic E-state index is 0.957. The number of hydrogen-bond donors (Lipinski definition) is 0. The molecule has 1 aromatic rings. The van der Waals surface area contributed by atoms with Gasteiger partial charge in [0, 0.05) is 0 Å². The summed E-state index contributed by atoms with van der Waals surface area (Å²) in [7, 11) is 1.67. The normalized spacial score (nSPS) is 20.4. The standard InChI is InChI=1S/C18H28P/c1-2-4-6-11-15-18(14-10-5-3-1)19-16-17-12-8-7-9-13-17/h7-9,12-13,18H,1-6,10-11,14-16H2. The third-order valence-corrected chi connectivity index (χ3v) is 5.78. The van der Waals surface area contributed by atoms with E-state index >= 15 is 0 Å². The van der Waals surface area contributed by atoms with Crippen molar-refractivity contribution in [3.8, 4) is 0 Å². The SMILES string of the molecule is c1ccc(C[P]C2CCCCCCCCCC2)cc1. The predicted molar refractivity (Wildman–Crippen MR) is 87.0 cm³/mol. The number of hydrogen-bond acceptors (Lipinski definition) is 0. The molecule has 1 heteroatoms. The maximum absolute atomic E-state index is 2.28. The molecule has 1 saturated carbocycles. The van der Waals surface area contributed by atoms with Crippen molar-refractivity contribution in [3.05, 3.63) is 35.9 Å². The zero-order valence-corrected chi connectivity index (χ0v) is 13.1. The van der Waals surface area contributed by atoms with Gasteiger partial charge in [-0.25, -0.2) is 0 Å². The maximum Gasteiger partial charge on any atom is -0.00316 e. The van der Waals surface area contributed by atoms with Crippen LogP contribution in [0.5, 0.6) is 0 Å². The predicted octanol–water partition coefficient (Wildman–Crippen LogP) is 6.42. The second-order valence-electron chi connectivity index (χ2n) is 5.89. The van der Waals surface area contributed by atoms with Crippen molar-refractivity contribution in [1.29, 1.82) is 0 Å². The van der Waals surface area contributed by atoms with Gasteiger partial charge in [-0.05, 0) is 30.2 Å². The van der Waals surface area contributed by atoms with Crippen LogP contribution >= 0.6 is 8.58 Å². The van der Waals surface area contributed by atoms with Gasteiger partial charge in [0.2, 0.25) is 0 Å². The first-order valence-corrected chi connectivity index (χ1v) is 9.30. The highest BCUT2D eigenvalue weighted by atomic mass is 31.1. The summed E-state index contributed by atoms with van der Waals surface area (Å²) in [6, 6.07) is 11.0. The van der Waals surface area contributed by atoms with Gasteiger partial charge < -0.3 is 0 Å². The van der Waals surface area contributed by atoms with Gasteiger partial charge in [0.1, 0.15) is 0 Å². The van der Waals surface area contributed by atoms with Crippen molar-refractivity contribution in [3.63, 3.8) is 0 Å². The molecule has 0 N–H and O–H groups in total. The lowest BCUT2D eigenvalue weighted by atomic mass is 10.1. The van der Waals surface area contributed by atoms with Gasteiger partial charge in [0.05, 0.1) is 0 Å². The Morgan fingerprint density at radius 1 is 0.737 bits per heavy atom. The summed E-state index contributed by atoms with van der Waals surface area (Å²) < 4.78 is 0. The minimum atomic E-state index is 0.957. The fraction of sp³-hybridized carbons (Fsp3) is 0.667. The zero-order chi connectivity index (χ0) is 13.2. The zero-order valence-electron chi connectivity index (χ0n) is 12.2. The summed E-state index contributed by atoms with van der Waals surface area (Å²) in [4.78, 5) is 0. The molecule has 1 aliphatic rings. The van der Waals surface area contributed by atoms with Crippen LogP contribution < -0.4 is 0 Å². The van der Waals surface area contributed by atoms with Crippen molar-refractivity contribution in [2.45, 2.75) is 76.0 Å². The summed E-state index contributed by atoms with van der Waals surface area (Å²) in [5, 5.41) is 0. The van der Waals surface area contributed by atoms with E-state index in [1.54, 1.807) is 8.58 Å². The van der Waals surface area contributed by atoms with Crippen LogP contribution in [0, 0.1) is 0 Å². The topological polar surface area (TPSA) is 0 Å². The second kappa shape index (κ2) is 9.54. The Balaban J connectivity index is 1.75. The Morgan fingerprint density at radius 3 is 1.84 bits per heavy atom. The Kier molecular flexibility index (Phi) is 7.55. The highest BCUT2D eigenvalue weighted by Crippen LogP contribution is 2.33. The smallest absolute Gasteiger partial charge is 0.00316 e. The average Bonchev–Trinajstić information content (AvgIpc) is 2.52. The fourth-order valence-corrected chi connectivity index (χ4v) is 4.38. The lowest BCUT2D eigenvalue weighted by Gasteiger charge is -2.16. The molecule has 0 nitrogen and oxygen atoms in total. The van der Waals surface area contributed by atoms with Gasteiger partial charge in [-0.3, -0.25) is 0 Å². The second-order valence-corrected chi connectivity index (χ2v) is 7.30. The van der Waals surface area contributed by atoms with Gasteiger partial charge in [0.15, 0.2) is 0 Å². The largest absolute Gasteiger partial charge is 0.0727 e. The molecular formula is C18H28P. The first-order chi connectivity index (χ1) is 9.45. The van der Waals surface area contributed by atoms with Crippen LogP contribution in [0.15, 0.2) is 30.3 Å². The van der Waals surface area contributed by atoms with Crippen molar-refractivity contribution < 1.29 is 0 Å². The van der Waals surface area contributed by atoms with Crippen LogP contribution in [0.25, 0.3) is 0 Å². The van der Waals surface area contributed by atoms with E-state index in [1.807, 2.05) is 0 Å². The van der Waals surface area contributed by atoms with Crippen LogP contribution in [-0.2, 0) is 6.16 Å². The van der Waals surface area contributed by atoms with Crippen LogP contribution in [0.3, 0.4) is 0 Å². The molecule has 1 aliphatic carbocycles. The highest BCUT2D eigenvalue weighted by molar-refractivity contribution is 7.38. The monoisotopic (exact) mass is 275 g/mol. The van der Waals surface area contributed by atoms with Gasteiger partial charge in [-0.15, -0.1) is 0 Å². The van der Waals surface area contributed by atoms with Crippen molar-refractivity contribution in [2.24, 2.45) is 0 Å². The van der Waals surface area contributed by atoms with Crippen LogP contribution in [0.2, 0.25) is 0 Å². The van der Waals surface area contributed by atoms with E-state index in [9.17, 15) is 0 Å². The van der Waals surface area contributed by atoms with Crippen LogP contribution in [0.1, 0.15) is 69.8 Å². The van der Waals surface area contributed by atoms with E-state index in [0.717, 1.165) is 5.66 Å². The third kappa shape index (κ3) is 6.57. The quantitative estimate of drug-likeness (QED) is 0.559. The molecule has 0 amide bonds. The molecule has 0 heterocycles. The minimum Gasteiger partial charge on any atom is -0.0727 e. The molecule has 0 spiro atoms. The molecule has 0 bridgehead atoms. The molecule has 0 unspecified atom stereocenters. The van der Waals surface area contributed by atoms with E-state index in [4.69, 9.17) is 0 Å². The van der Waals surface area contributed by atoms with E-state index in [1.165, 1.54) is 75.9 Å². The van der Waals surface area contributed by atoms with Crippen LogP contribution in [0.4, 0.5) is 0 Å². The first-order valence-electron chi connectivity index (χ1n) is 8.16. The maximum atomic E-state index is 2.28. The number of rotatable bonds is 3. The molecule has 0 atom stereocenters. The van der Waals surface area contributed by atoms with E-state index < -0.39 is 0 Å². The Hall–Kier alpha value is -0.350. The molecule has 2 rings (SSSR count). The van der Waals surface area contributed by atoms with Gasteiger partial charge in [-0.2, -0.15) is 0 Å². The Morgan fingerprint density at radius 2 is 1.26 bits per heavy atom. The Labute approximate surface area is 121 Å². The van der Waals surface area contributed by atoms with E-state index in [2.05, 4.69) is 30.3 Å². The lowest BCUT2D eigenvalue weighted by molar-refractivity contribution is 0.585. The fourth-order valence-electron chi connectivity index (χ4n) is 2.97. The molecule has 1 radical (unpaired) electrons. The Bertz CT molecular complexity index is 308. The van der Waals surface area contributed by atoms with Gasteiger partial charge in [0.25, 0.3) is 0 Å². The number of benzene rings is 1. The summed E-state index contributed by atoms with van der Waals surface area (Å²) in [6.45, 7) is 0. The van der Waals surface area contributed by atoms with Crippen molar-refractivity contribution >= 4 is 8.58 Å². The van der Waals surface area contributed by atoms with Crippen molar-refractivity contribution in [2.75, 3.05) is 0 Å². The third-order valence-electron chi connectivity index (χ3n) is 4.20. The summed E-state index contributed by atoms with van der Waals surface area (Å²) in [5.74, 6) is 0. The lowest BCUT2D eigenvalue weighted by Crippen LogP contribution is -2.01.